The lowest BCUT2D eigenvalue weighted by atomic mass is 10.2. The average molecular weight is 231 g/mol. The van der Waals surface area contributed by atoms with Crippen molar-refractivity contribution >= 4 is 17.6 Å². The Morgan fingerprint density at radius 3 is 2.13 bits per heavy atom. The Balaban J connectivity index is 0.000000288. The lowest BCUT2D eigenvalue weighted by molar-refractivity contribution is 0.0697. The van der Waals surface area contributed by atoms with Crippen molar-refractivity contribution in [2.45, 2.75) is 25.3 Å². The number of carboxylic acids is 1. The van der Waals surface area contributed by atoms with E-state index < -0.39 is 11.5 Å². The van der Waals surface area contributed by atoms with Gasteiger partial charge in [-0.1, -0.05) is 43.1 Å². The number of alkyl halides is 1. The van der Waals surface area contributed by atoms with Crippen LogP contribution in [-0.4, -0.2) is 21.7 Å². The highest BCUT2D eigenvalue weighted by Crippen LogP contribution is 1.98. The quantitative estimate of drug-likeness (QED) is 0.785. The van der Waals surface area contributed by atoms with Crippen molar-refractivity contribution in [1.82, 2.24) is 0 Å². The molecule has 0 aliphatic heterocycles. The van der Waals surface area contributed by atoms with Crippen LogP contribution in [0.3, 0.4) is 0 Å². The van der Waals surface area contributed by atoms with Gasteiger partial charge in [-0.2, -0.15) is 0 Å². The molecular formula is C11H15ClO3. The third-order valence-electron chi connectivity index (χ3n) is 1.55. The van der Waals surface area contributed by atoms with Crippen LogP contribution >= 0.6 is 11.6 Å². The molecule has 4 heteroatoms. The van der Waals surface area contributed by atoms with Crippen LogP contribution in [0.4, 0.5) is 0 Å². The van der Waals surface area contributed by atoms with E-state index in [1.807, 2.05) is 6.92 Å². The van der Waals surface area contributed by atoms with Gasteiger partial charge in [-0.25, -0.2) is 4.79 Å². The second-order valence-corrected chi connectivity index (χ2v) is 3.40. The van der Waals surface area contributed by atoms with Gasteiger partial charge in [-0.3, -0.25) is 0 Å². The first-order valence-electron chi connectivity index (χ1n) is 4.68. The zero-order valence-electron chi connectivity index (χ0n) is 8.56. The van der Waals surface area contributed by atoms with E-state index in [0.717, 1.165) is 6.42 Å². The van der Waals surface area contributed by atoms with Crippen LogP contribution in [0.2, 0.25) is 0 Å². The summed E-state index contributed by atoms with van der Waals surface area (Å²) < 4.78 is 0. The molecule has 0 saturated heterocycles. The second kappa shape index (κ2) is 8.26. The molecule has 0 bridgehead atoms. The van der Waals surface area contributed by atoms with Crippen molar-refractivity contribution < 1.29 is 15.0 Å². The fourth-order valence-corrected chi connectivity index (χ4v) is 1.04. The summed E-state index contributed by atoms with van der Waals surface area (Å²) in [6, 6.07) is 8.30. The summed E-state index contributed by atoms with van der Waals surface area (Å²) in [4.78, 5) is 10.2. The number of hydrogen-bond donors (Lipinski definition) is 2. The first-order valence-corrected chi connectivity index (χ1v) is 5.12. The number of rotatable bonds is 3. The number of benzene rings is 1. The summed E-state index contributed by atoms with van der Waals surface area (Å²) in [6.45, 7) is 1.98. The predicted octanol–water partition coefficient (Wildman–Crippen LogP) is 2.73. The maximum atomic E-state index is 10.2. The van der Waals surface area contributed by atoms with Gasteiger partial charge < -0.3 is 10.2 Å². The third-order valence-corrected chi connectivity index (χ3v) is 1.77. The second-order valence-electron chi connectivity index (χ2n) is 2.89. The van der Waals surface area contributed by atoms with Gasteiger partial charge >= 0.3 is 5.97 Å². The van der Waals surface area contributed by atoms with Crippen molar-refractivity contribution in [3.63, 3.8) is 0 Å². The van der Waals surface area contributed by atoms with Gasteiger partial charge in [0, 0.05) is 0 Å². The standard InChI is InChI=1S/C7H6O2.C4H9ClO/c8-7(9)6-4-2-1-3-5-6;1-2-3-4(5)6/h1-5H,(H,8,9);4,6H,2-3H2,1H3. The minimum atomic E-state index is -0.879. The molecule has 0 aromatic heterocycles. The molecule has 0 spiro atoms. The summed E-state index contributed by atoms with van der Waals surface area (Å²) in [5.74, 6) is -0.879. The Morgan fingerprint density at radius 1 is 1.40 bits per heavy atom. The highest BCUT2D eigenvalue weighted by Gasteiger charge is 1.96. The van der Waals surface area contributed by atoms with Crippen LogP contribution in [0.5, 0.6) is 0 Å². The highest BCUT2D eigenvalue weighted by atomic mass is 35.5. The molecule has 1 rings (SSSR count). The normalized spacial score (nSPS) is 11.1. The fraction of sp³-hybridized carbons (Fsp3) is 0.364. The van der Waals surface area contributed by atoms with Crippen LogP contribution < -0.4 is 0 Å². The monoisotopic (exact) mass is 230 g/mol. The number of carboxylic acid groups (broad SMARTS) is 1. The van der Waals surface area contributed by atoms with E-state index >= 15 is 0 Å². The molecule has 3 nitrogen and oxygen atoms in total. The number of halogens is 1. The number of aliphatic hydroxyl groups is 1. The van der Waals surface area contributed by atoms with Gasteiger partial charge in [-0.15, -0.1) is 0 Å². The topological polar surface area (TPSA) is 57.5 Å². The van der Waals surface area contributed by atoms with Crippen LogP contribution in [0, 0.1) is 0 Å². The Kier molecular flexibility index (Phi) is 7.68. The minimum absolute atomic E-state index is 0.331. The van der Waals surface area contributed by atoms with E-state index in [4.69, 9.17) is 21.8 Å². The molecule has 1 aromatic carbocycles. The average Bonchev–Trinajstić information content (AvgIpc) is 2.20. The number of carbonyl (C=O) groups is 1. The predicted molar refractivity (Wildman–Crippen MR) is 60.2 cm³/mol. The lowest BCUT2D eigenvalue weighted by Crippen LogP contribution is -1.93. The minimum Gasteiger partial charge on any atom is -0.478 e. The van der Waals surface area contributed by atoms with Crippen molar-refractivity contribution in [3.05, 3.63) is 35.9 Å². The number of aliphatic hydroxyl groups excluding tert-OH is 1. The van der Waals surface area contributed by atoms with Crippen molar-refractivity contribution in [1.29, 1.82) is 0 Å². The van der Waals surface area contributed by atoms with E-state index in [1.54, 1.807) is 30.3 Å². The van der Waals surface area contributed by atoms with Gasteiger partial charge in [0.2, 0.25) is 0 Å². The Morgan fingerprint density at radius 2 is 1.93 bits per heavy atom. The Hall–Kier alpha value is -1.06. The lowest BCUT2D eigenvalue weighted by Gasteiger charge is -1.92. The van der Waals surface area contributed by atoms with E-state index in [0.29, 0.717) is 12.0 Å². The Labute approximate surface area is 94.3 Å². The maximum Gasteiger partial charge on any atom is 0.335 e. The molecule has 0 aliphatic carbocycles. The number of aromatic carboxylic acids is 1. The SMILES string of the molecule is CCCC(O)Cl.O=C(O)c1ccccc1. The van der Waals surface area contributed by atoms with Gasteiger partial charge in [0.15, 0.2) is 0 Å². The van der Waals surface area contributed by atoms with E-state index in [9.17, 15) is 4.79 Å². The molecular weight excluding hydrogens is 216 g/mol. The summed E-state index contributed by atoms with van der Waals surface area (Å²) in [5, 5.41) is 16.7. The van der Waals surface area contributed by atoms with Crippen LogP contribution in [0.1, 0.15) is 30.1 Å². The zero-order chi connectivity index (χ0) is 11.7. The summed E-state index contributed by atoms with van der Waals surface area (Å²) in [5.41, 5.74) is -0.299. The van der Waals surface area contributed by atoms with E-state index in [1.165, 1.54) is 0 Å². The van der Waals surface area contributed by atoms with Crippen LogP contribution in [-0.2, 0) is 0 Å². The molecule has 15 heavy (non-hydrogen) atoms. The highest BCUT2D eigenvalue weighted by molar-refractivity contribution is 6.19. The number of hydrogen-bond acceptors (Lipinski definition) is 2. The largest absolute Gasteiger partial charge is 0.478 e. The first-order chi connectivity index (χ1) is 7.07. The van der Waals surface area contributed by atoms with Gasteiger partial charge in [0.25, 0.3) is 0 Å². The van der Waals surface area contributed by atoms with Gasteiger partial charge in [0.05, 0.1) is 5.56 Å². The molecule has 0 heterocycles. The third kappa shape index (κ3) is 7.97. The molecule has 0 aliphatic rings. The smallest absolute Gasteiger partial charge is 0.335 e. The molecule has 84 valence electrons. The molecule has 0 amide bonds. The fourth-order valence-electron chi connectivity index (χ4n) is 0.819. The van der Waals surface area contributed by atoms with Gasteiger partial charge in [0.1, 0.15) is 5.56 Å². The maximum absolute atomic E-state index is 10.2. The molecule has 1 unspecified atom stereocenters. The molecule has 0 fully saturated rings. The van der Waals surface area contributed by atoms with Crippen LogP contribution in [0.15, 0.2) is 30.3 Å². The molecule has 1 aromatic rings. The van der Waals surface area contributed by atoms with Gasteiger partial charge in [-0.05, 0) is 18.6 Å². The van der Waals surface area contributed by atoms with Crippen molar-refractivity contribution in [2.75, 3.05) is 0 Å². The summed E-state index contributed by atoms with van der Waals surface area (Å²) in [6.07, 6.45) is 1.65. The Bertz CT molecular complexity index is 272. The molecule has 0 saturated carbocycles. The van der Waals surface area contributed by atoms with E-state index in [2.05, 4.69) is 0 Å². The van der Waals surface area contributed by atoms with Crippen molar-refractivity contribution in [3.8, 4) is 0 Å². The zero-order valence-corrected chi connectivity index (χ0v) is 9.31. The summed E-state index contributed by atoms with van der Waals surface area (Å²) in [7, 11) is 0. The first kappa shape index (κ1) is 13.9. The van der Waals surface area contributed by atoms with E-state index in [-0.39, 0.29) is 0 Å². The molecule has 0 radical (unpaired) electrons. The van der Waals surface area contributed by atoms with Crippen molar-refractivity contribution in [2.24, 2.45) is 0 Å². The van der Waals surface area contributed by atoms with Crippen LogP contribution in [0.25, 0.3) is 0 Å². The molecule has 1 atom stereocenters. The molecule has 2 N–H and O–H groups in total. The summed E-state index contributed by atoms with van der Waals surface area (Å²) >= 11 is 5.13.